The maximum absolute atomic E-state index is 10.5. The fourth-order valence-corrected chi connectivity index (χ4v) is 0.572. The number of ether oxygens (including phenoxy) is 2. The fraction of sp³-hybridized carbons (Fsp3) is 0.857. The highest BCUT2D eigenvalue weighted by atomic mass is 35.5. The zero-order valence-corrected chi connectivity index (χ0v) is 7.56. The molecular weight excluding hydrogens is 168 g/mol. The van der Waals surface area contributed by atoms with E-state index < -0.39 is 0 Å². The molecule has 3 nitrogen and oxygen atoms in total. The van der Waals surface area contributed by atoms with Crippen molar-refractivity contribution in [2.24, 2.45) is 0 Å². The zero-order valence-electron chi connectivity index (χ0n) is 6.80. The van der Waals surface area contributed by atoms with Crippen LogP contribution < -0.4 is 0 Å². The van der Waals surface area contributed by atoms with Gasteiger partial charge in [-0.3, -0.25) is 4.79 Å². The number of hydrogen-bond acceptors (Lipinski definition) is 3. The molecule has 0 rings (SSSR count). The molecule has 1 atom stereocenters. The van der Waals surface area contributed by atoms with Crippen molar-refractivity contribution in [3.05, 3.63) is 0 Å². The molecule has 0 unspecified atom stereocenters. The third-order valence-corrected chi connectivity index (χ3v) is 1.52. The summed E-state index contributed by atoms with van der Waals surface area (Å²) in [6.45, 7) is 2.29. The first-order valence-corrected chi connectivity index (χ1v) is 3.98. The first-order valence-electron chi connectivity index (χ1n) is 3.45. The summed E-state index contributed by atoms with van der Waals surface area (Å²) in [6, 6.07) is 0. The van der Waals surface area contributed by atoms with E-state index in [-0.39, 0.29) is 18.0 Å². The second-order valence-corrected chi connectivity index (χ2v) is 2.46. The summed E-state index contributed by atoms with van der Waals surface area (Å²) >= 11 is 5.20. The molecule has 0 radical (unpaired) electrons. The van der Waals surface area contributed by atoms with Crippen LogP contribution in [0.1, 0.15) is 13.3 Å². The van der Waals surface area contributed by atoms with Crippen molar-refractivity contribution in [3.8, 4) is 0 Å². The molecule has 66 valence electrons. The first-order chi connectivity index (χ1) is 5.20. The SMILES string of the molecule is CO[C@H](C)CCOC(=O)CCl. The molecule has 0 N–H and O–H groups in total. The molecule has 0 aromatic heterocycles. The summed E-state index contributed by atoms with van der Waals surface area (Å²) in [6.07, 6.45) is 0.831. The second kappa shape index (κ2) is 6.43. The minimum absolute atomic E-state index is 0.0820. The summed E-state index contributed by atoms with van der Waals surface area (Å²) in [5, 5.41) is 0. The van der Waals surface area contributed by atoms with Crippen LogP contribution in [0.15, 0.2) is 0 Å². The number of methoxy groups -OCH3 is 1. The highest BCUT2D eigenvalue weighted by molar-refractivity contribution is 6.26. The van der Waals surface area contributed by atoms with Gasteiger partial charge in [0.25, 0.3) is 0 Å². The molecule has 0 aromatic carbocycles. The van der Waals surface area contributed by atoms with Crippen molar-refractivity contribution in [2.45, 2.75) is 19.4 Å². The summed E-state index contributed by atoms with van der Waals surface area (Å²) in [5.74, 6) is -0.462. The second-order valence-electron chi connectivity index (χ2n) is 2.19. The van der Waals surface area contributed by atoms with Crippen molar-refractivity contribution in [1.29, 1.82) is 0 Å². The van der Waals surface area contributed by atoms with E-state index >= 15 is 0 Å². The summed E-state index contributed by atoms with van der Waals surface area (Å²) in [5.41, 5.74) is 0. The van der Waals surface area contributed by atoms with Gasteiger partial charge < -0.3 is 9.47 Å². The normalized spacial score (nSPS) is 12.6. The first kappa shape index (κ1) is 10.7. The zero-order chi connectivity index (χ0) is 8.69. The predicted molar refractivity (Wildman–Crippen MR) is 42.8 cm³/mol. The van der Waals surface area contributed by atoms with E-state index in [1.165, 1.54) is 0 Å². The summed E-state index contributed by atoms with van der Waals surface area (Å²) < 4.78 is 9.65. The third kappa shape index (κ3) is 6.13. The van der Waals surface area contributed by atoms with Gasteiger partial charge in [0.05, 0.1) is 12.7 Å². The van der Waals surface area contributed by atoms with Crippen molar-refractivity contribution in [2.75, 3.05) is 19.6 Å². The molecule has 4 heteroatoms. The Morgan fingerprint density at radius 3 is 2.73 bits per heavy atom. The molecule has 0 heterocycles. The number of rotatable bonds is 5. The van der Waals surface area contributed by atoms with E-state index in [2.05, 4.69) is 0 Å². The van der Waals surface area contributed by atoms with Gasteiger partial charge in [-0.25, -0.2) is 0 Å². The van der Waals surface area contributed by atoms with Crippen LogP contribution in [0.2, 0.25) is 0 Å². The highest BCUT2D eigenvalue weighted by Crippen LogP contribution is 1.95. The highest BCUT2D eigenvalue weighted by Gasteiger charge is 2.02. The largest absolute Gasteiger partial charge is 0.465 e. The molecule has 11 heavy (non-hydrogen) atoms. The van der Waals surface area contributed by atoms with Crippen LogP contribution in [0.25, 0.3) is 0 Å². The lowest BCUT2D eigenvalue weighted by Gasteiger charge is -2.08. The number of esters is 1. The monoisotopic (exact) mass is 180 g/mol. The summed E-state index contributed by atoms with van der Waals surface area (Å²) in [4.78, 5) is 10.5. The number of carbonyl (C=O) groups is 1. The van der Waals surface area contributed by atoms with Crippen molar-refractivity contribution >= 4 is 17.6 Å². The van der Waals surface area contributed by atoms with Gasteiger partial charge in [0.15, 0.2) is 0 Å². The summed E-state index contributed by atoms with van der Waals surface area (Å²) in [7, 11) is 1.62. The quantitative estimate of drug-likeness (QED) is 0.471. The number of carbonyl (C=O) groups excluding carboxylic acids is 1. The van der Waals surface area contributed by atoms with Gasteiger partial charge in [0.2, 0.25) is 0 Å². The molecule has 0 fully saturated rings. The molecule has 0 spiro atoms. The minimum Gasteiger partial charge on any atom is -0.465 e. The van der Waals surface area contributed by atoms with Crippen LogP contribution in [-0.4, -0.2) is 31.7 Å². The van der Waals surface area contributed by atoms with Crippen molar-refractivity contribution in [1.82, 2.24) is 0 Å². The maximum Gasteiger partial charge on any atom is 0.320 e. The predicted octanol–water partition coefficient (Wildman–Crippen LogP) is 1.19. The van der Waals surface area contributed by atoms with Gasteiger partial charge in [-0.2, -0.15) is 0 Å². The smallest absolute Gasteiger partial charge is 0.320 e. The van der Waals surface area contributed by atoms with Gasteiger partial charge >= 0.3 is 5.97 Å². The van der Waals surface area contributed by atoms with Crippen LogP contribution >= 0.6 is 11.6 Å². The molecule has 0 aromatic rings. The van der Waals surface area contributed by atoms with Crippen LogP contribution in [0, 0.1) is 0 Å². The lowest BCUT2D eigenvalue weighted by Crippen LogP contribution is -2.13. The molecule has 0 aliphatic rings. The average molecular weight is 181 g/mol. The molecular formula is C7H13ClO3. The van der Waals surface area contributed by atoms with E-state index in [4.69, 9.17) is 21.1 Å². The van der Waals surface area contributed by atoms with Gasteiger partial charge in [-0.1, -0.05) is 0 Å². The Hall–Kier alpha value is -0.280. The molecule has 0 bridgehead atoms. The van der Waals surface area contributed by atoms with E-state index in [9.17, 15) is 4.79 Å². The Kier molecular flexibility index (Phi) is 6.27. The van der Waals surface area contributed by atoms with E-state index in [1.807, 2.05) is 6.92 Å². The Morgan fingerprint density at radius 1 is 1.64 bits per heavy atom. The number of hydrogen-bond donors (Lipinski definition) is 0. The van der Waals surface area contributed by atoms with E-state index in [0.29, 0.717) is 13.0 Å². The van der Waals surface area contributed by atoms with Crippen LogP contribution in [0.4, 0.5) is 0 Å². The lowest BCUT2D eigenvalue weighted by atomic mass is 10.3. The van der Waals surface area contributed by atoms with Crippen LogP contribution in [0.5, 0.6) is 0 Å². The lowest BCUT2D eigenvalue weighted by molar-refractivity contribution is -0.141. The average Bonchev–Trinajstić information content (AvgIpc) is 2.04. The van der Waals surface area contributed by atoms with Gasteiger partial charge in [-0.05, 0) is 6.92 Å². The van der Waals surface area contributed by atoms with Crippen LogP contribution in [-0.2, 0) is 14.3 Å². The van der Waals surface area contributed by atoms with Crippen molar-refractivity contribution in [3.63, 3.8) is 0 Å². The van der Waals surface area contributed by atoms with Gasteiger partial charge in [0, 0.05) is 13.5 Å². The molecule has 0 aliphatic carbocycles. The molecule has 0 saturated heterocycles. The van der Waals surface area contributed by atoms with Gasteiger partial charge in [0.1, 0.15) is 5.88 Å². The molecule has 0 saturated carbocycles. The molecule has 0 aliphatic heterocycles. The Bertz CT molecular complexity index is 116. The Balaban J connectivity index is 3.20. The standard InChI is InChI=1S/C7H13ClO3/c1-6(10-2)3-4-11-7(9)5-8/h6H,3-5H2,1-2H3/t6-/m1/s1. The van der Waals surface area contributed by atoms with Gasteiger partial charge in [-0.15, -0.1) is 11.6 Å². The van der Waals surface area contributed by atoms with Crippen molar-refractivity contribution < 1.29 is 14.3 Å². The van der Waals surface area contributed by atoms with E-state index in [1.54, 1.807) is 7.11 Å². The maximum atomic E-state index is 10.5. The number of halogens is 1. The fourth-order valence-electron chi connectivity index (χ4n) is 0.495. The number of alkyl halides is 1. The van der Waals surface area contributed by atoms with E-state index in [0.717, 1.165) is 0 Å². The Morgan fingerprint density at radius 2 is 2.27 bits per heavy atom. The minimum atomic E-state index is -0.380. The third-order valence-electron chi connectivity index (χ3n) is 1.30. The topological polar surface area (TPSA) is 35.5 Å². The molecule has 0 amide bonds. The van der Waals surface area contributed by atoms with Crippen LogP contribution in [0.3, 0.4) is 0 Å². The Labute approximate surface area is 71.6 Å².